The molecule has 25 heavy (non-hydrogen) atoms. The summed E-state index contributed by atoms with van der Waals surface area (Å²) < 4.78 is 5.37. The molecule has 2 heterocycles. The minimum Gasteiger partial charge on any atom is -0.444 e. The number of carbonyl (C=O) groups excluding carboxylic acids is 3. The average Bonchev–Trinajstić information content (AvgIpc) is 3.10. The molecule has 0 spiro atoms. The first-order chi connectivity index (χ1) is 11.7. The summed E-state index contributed by atoms with van der Waals surface area (Å²) in [6.07, 6.45) is -0.786. The number of likely N-dealkylation sites (tertiary alicyclic amines) is 1. The van der Waals surface area contributed by atoms with Gasteiger partial charge in [-0.1, -0.05) is 12.1 Å². The molecule has 1 aromatic rings. The summed E-state index contributed by atoms with van der Waals surface area (Å²) >= 11 is 0. The first kappa shape index (κ1) is 17.4. The summed E-state index contributed by atoms with van der Waals surface area (Å²) in [5, 5.41) is 10.7. The van der Waals surface area contributed by atoms with Crippen molar-refractivity contribution in [1.82, 2.24) is 9.80 Å². The van der Waals surface area contributed by atoms with Crippen LogP contribution in [-0.4, -0.2) is 57.2 Å². The van der Waals surface area contributed by atoms with Crippen molar-refractivity contribution < 1.29 is 24.2 Å². The van der Waals surface area contributed by atoms with Crippen molar-refractivity contribution in [3.63, 3.8) is 0 Å². The number of fused-ring (bicyclic) bond motifs is 1. The van der Waals surface area contributed by atoms with Gasteiger partial charge in [0, 0.05) is 6.54 Å². The second-order valence-corrected chi connectivity index (χ2v) is 7.32. The standard InChI is InChI=1S/C18H22N2O5/c1-18(2,3)25-17(24)19-10-6-9-13(19)16(23)20-14(21)11-7-4-5-8-12(11)15(20)22/h4-5,7-8,13,16,23H,6,9-10H2,1-3H3/t13-,16?/m0/s1. The zero-order valence-corrected chi connectivity index (χ0v) is 14.6. The Morgan fingerprint density at radius 1 is 1.20 bits per heavy atom. The highest BCUT2D eigenvalue weighted by Gasteiger charge is 2.46. The minimum atomic E-state index is -1.40. The number of benzene rings is 1. The fourth-order valence-electron chi connectivity index (χ4n) is 3.27. The van der Waals surface area contributed by atoms with Gasteiger partial charge >= 0.3 is 6.09 Å². The lowest BCUT2D eigenvalue weighted by Gasteiger charge is -2.33. The molecule has 1 saturated heterocycles. The molecule has 0 saturated carbocycles. The van der Waals surface area contributed by atoms with Crippen molar-refractivity contribution in [2.45, 2.75) is 51.5 Å². The molecule has 1 aromatic carbocycles. The van der Waals surface area contributed by atoms with Gasteiger partial charge in [-0.3, -0.25) is 9.59 Å². The molecule has 0 bridgehead atoms. The van der Waals surface area contributed by atoms with Crippen LogP contribution in [0.5, 0.6) is 0 Å². The van der Waals surface area contributed by atoms with Gasteiger partial charge in [0.2, 0.25) is 0 Å². The third-order valence-corrected chi connectivity index (χ3v) is 4.36. The maximum Gasteiger partial charge on any atom is 0.410 e. The van der Waals surface area contributed by atoms with E-state index >= 15 is 0 Å². The van der Waals surface area contributed by atoms with Gasteiger partial charge in [0.05, 0.1) is 17.2 Å². The fourth-order valence-corrected chi connectivity index (χ4v) is 3.27. The SMILES string of the molecule is CC(C)(C)OC(=O)N1CCC[C@H]1C(O)N1C(=O)c2ccccc2C1=O. The van der Waals surface area contributed by atoms with Crippen LogP contribution in [0.1, 0.15) is 54.3 Å². The van der Waals surface area contributed by atoms with E-state index in [9.17, 15) is 19.5 Å². The van der Waals surface area contributed by atoms with Crippen LogP contribution in [0.2, 0.25) is 0 Å². The summed E-state index contributed by atoms with van der Waals surface area (Å²) in [5.41, 5.74) is -0.119. The monoisotopic (exact) mass is 346 g/mol. The molecule has 134 valence electrons. The molecule has 7 nitrogen and oxygen atoms in total. The molecule has 0 aliphatic carbocycles. The Labute approximate surface area is 146 Å². The molecule has 2 aliphatic heterocycles. The Hall–Kier alpha value is -2.41. The molecule has 0 aromatic heterocycles. The van der Waals surface area contributed by atoms with Gasteiger partial charge in [-0.2, -0.15) is 0 Å². The Balaban J connectivity index is 1.81. The summed E-state index contributed by atoms with van der Waals surface area (Å²) in [6.45, 7) is 5.70. The molecule has 7 heteroatoms. The van der Waals surface area contributed by atoms with Crippen molar-refractivity contribution in [1.29, 1.82) is 0 Å². The van der Waals surface area contributed by atoms with E-state index in [0.717, 1.165) is 4.90 Å². The van der Waals surface area contributed by atoms with Crippen LogP contribution >= 0.6 is 0 Å². The van der Waals surface area contributed by atoms with E-state index in [1.54, 1.807) is 45.0 Å². The molecule has 3 rings (SSSR count). The summed E-state index contributed by atoms with van der Waals surface area (Å²) in [4.78, 5) is 39.7. The minimum absolute atomic E-state index is 0.272. The van der Waals surface area contributed by atoms with Crippen molar-refractivity contribution in [3.05, 3.63) is 35.4 Å². The van der Waals surface area contributed by atoms with E-state index in [1.165, 1.54) is 4.90 Å². The second-order valence-electron chi connectivity index (χ2n) is 7.32. The first-order valence-electron chi connectivity index (χ1n) is 8.35. The molecular weight excluding hydrogens is 324 g/mol. The van der Waals surface area contributed by atoms with Crippen molar-refractivity contribution in [2.75, 3.05) is 6.54 Å². The van der Waals surface area contributed by atoms with Crippen LogP contribution in [0.4, 0.5) is 4.79 Å². The summed E-state index contributed by atoms with van der Waals surface area (Å²) in [6, 6.07) is 5.79. The Morgan fingerprint density at radius 2 is 1.76 bits per heavy atom. The molecule has 2 aliphatic rings. The van der Waals surface area contributed by atoms with Crippen molar-refractivity contribution >= 4 is 17.9 Å². The van der Waals surface area contributed by atoms with Crippen molar-refractivity contribution in [2.24, 2.45) is 0 Å². The molecule has 0 radical (unpaired) electrons. The lowest BCUT2D eigenvalue weighted by Crippen LogP contribution is -2.53. The van der Waals surface area contributed by atoms with Gasteiger partial charge in [0.25, 0.3) is 11.8 Å². The van der Waals surface area contributed by atoms with E-state index in [2.05, 4.69) is 0 Å². The third-order valence-electron chi connectivity index (χ3n) is 4.36. The van der Waals surface area contributed by atoms with E-state index in [1.807, 2.05) is 0 Å². The number of aliphatic hydroxyl groups is 1. The molecular formula is C18H22N2O5. The number of nitrogens with zero attached hydrogens (tertiary/aromatic N) is 2. The molecule has 1 unspecified atom stereocenters. The number of hydrogen-bond donors (Lipinski definition) is 1. The molecule has 1 fully saturated rings. The molecule has 3 amide bonds. The van der Waals surface area contributed by atoms with Crippen LogP contribution < -0.4 is 0 Å². The largest absolute Gasteiger partial charge is 0.444 e. The highest BCUT2D eigenvalue weighted by Crippen LogP contribution is 2.30. The highest BCUT2D eigenvalue weighted by atomic mass is 16.6. The zero-order valence-electron chi connectivity index (χ0n) is 14.6. The van der Waals surface area contributed by atoms with Crippen molar-refractivity contribution in [3.8, 4) is 0 Å². The summed E-state index contributed by atoms with van der Waals surface area (Å²) in [5.74, 6) is -1.08. The first-order valence-corrected chi connectivity index (χ1v) is 8.35. The third kappa shape index (κ3) is 3.11. The number of carbonyl (C=O) groups is 3. The van der Waals surface area contributed by atoms with Crippen LogP contribution in [-0.2, 0) is 4.74 Å². The lowest BCUT2D eigenvalue weighted by atomic mass is 10.1. The van der Waals surface area contributed by atoms with Gasteiger partial charge in [0.15, 0.2) is 6.23 Å². The number of amides is 3. The molecule has 1 N–H and O–H groups in total. The van der Waals surface area contributed by atoms with Crippen LogP contribution in [0, 0.1) is 0 Å². The zero-order chi connectivity index (χ0) is 18.4. The number of ether oxygens (including phenoxy) is 1. The number of aliphatic hydroxyl groups excluding tert-OH is 1. The second kappa shape index (κ2) is 6.15. The Bertz CT molecular complexity index is 689. The van der Waals surface area contributed by atoms with Gasteiger partial charge in [-0.05, 0) is 45.7 Å². The van der Waals surface area contributed by atoms with Gasteiger partial charge in [-0.15, -0.1) is 0 Å². The lowest BCUT2D eigenvalue weighted by molar-refractivity contribution is -0.0342. The van der Waals surface area contributed by atoms with Crippen LogP contribution in [0.25, 0.3) is 0 Å². The van der Waals surface area contributed by atoms with Crippen LogP contribution in [0.15, 0.2) is 24.3 Å². The van der Waals surface area contributed by atoms with Gasteiger partial charge in [0.1, 0.15) is 5.60 Å². The number of hydrogen-bond acceptors (Lipinski definition) is 5. The van der Waals surface area contributed by atoms with E-state index in [4.69, 9.17) is 4.74 Å². The number of rotatable bonds is 2. The quantitative estimate of drug-likeness (QED) is 0.828. The average molecular weight is 346 g/mol. The normalized spacial score (nSPS) is 21.5. The topological polar surface area (TPSA) is 87.2 Å². The predicted octanol–water partition coefficient (Wildman–Crippen LogP) is 2.00. The fraction of sp³-hybridized carbons (Fsp3) is 0.500. The van der Waals surface area contributed by atoms with E-state index in [-0.39, 0.29) is 11.1 Å². The number of imide groups is 1. The molecule has 2 atom stereocenters. The van der Waals surface area contributed by atoms with Gasteiger partial charge in [-0.25, -0.2) is 9.69 Å². The van der Waals surface area contributed by atoms with Gasteiger partial charge < -0.3 is 14.7 Å². The smallest absolute Gasteiger partial charge is 0.410 e. The maximum atomic E-state index is 12.5. The highest BCUT2D eigenvalue weighted by molar-refractivity contribution is 6.21. The Morgan fingerprint density at radius 3 is 2.28 bits per heavy atom. The van der Waals surface area contributed by atoms with E-state index < -0.39 is 35.8 Å². The summed E-state index contributed by atoms with van der Waals surface area (Å²) in [7, 11) is 0. The maximum absolute atomic E-state index is 12.5. The predicted molar refractivity (Wildman–Crippen MR) is 88.9 cm³/mol. The van der Waals surface area contributed by atoms with E-state index in [0.29, 0.717) is 19.4 Å². The van der Waals surface area contributed by atoms with Crippen LogP contribution in [0.3, 0.4) is 0 Å². The Kier molecular flexibility index (Phi) is 4.28.